The van der Waals surface area contributed by atoms with Crippen molar-refractivity contribution >= 4 is 11.6 Å². The number of hydrazine groups is 1. The van der Waals surface area contributed by atoms with Crippen molar-refractivity contribution in [2.24, 2.45) is 11.3 Å². The Labute approximate surface area is 114 Å². The van der Waals surface area contributed by atoms with Crippen LogP contribution in [-0.4, -0.2) is 23.9 Å². The van der Waals surface area contributed by atoms with E-state index in [-0.39, 0.29) is 5.91 Å². The minimum Gasteiger partial charge on any atom is -0.339 e. The molecule has 1 heterocycles. The monoisotopic (exact) mass is 261 g/mol. The first kappa shape index (κ1) is 13.9. The van der Waals surface area contributed by atoms with E-state index in [4.69, 9.17) is 5.84 Å². The maximum Gasteiger partial charge on any atom is 0.256 e. The zero-order chi connectivity index (χ0) is 14.0. The molecule has 0 saturated carbocycles. The summed E-state index contributed by atoms with van der Waals surface area (Å²) in [4.78, 5) is 14.5. The highest BCUT2D eigenvalue weighted by atomic mass is 16.2. The number of nitrogens with two attached hydrogens (primary N) is 1. The summed E-state index contributed by atoms with van der Waals surface area (Å²) >= 11 is 0. The molecule has 1 aromatic rings. The highest BCUT2D eigenvalue weighted by molar-refractivity contribution is 5.99. The molecule has 1 aliphatic rings. The fraction of sp³-hybridized carbons (Fsp3) is 0.533. The molecule has 0 unspecified atom stereocenters. The van der Waals surface area contributed by atoms with E-state index in [0.717, 1.165) is 31.5 Å². The zero-order valence-corrected chi connectivity index (χ0v) is 12.0. The standard InChI is InChI=1S/C15H23N3O/c1-11-4-5-13(17-16)12(10-11)14(19)18-8-6-15(2,3)7-9-18/h4-5,10,17H,6-9,16H2,1-3H3. The minimum absolute atomic E-state index is 0.0761. The van der Waals surface area contributed by atoms with Crippen molar-refractivity contribution in [3.8, 4) is 0 Å². The van der Waals surface area contributed by atoms with Crippen LogP contribution in [0.15, 0.2) is 18.2 Å². The smallest absolute Gasteiger partial charge is 0.256 e. The predicted octanol–water partition coefficient (Wildman–Crippen LogP) is 2.54. The van der Waals surface area contributed by atoms with Gasteiger partial charge in [-0.2, -0.15) is 0 Å². The summed E-state index contributed by atoms with van der Waals surface area (Å²) in [6.45, 7) is 8.15. The summed E-state index contributed by atoms with van der Waals surface area (Å²) in [5, 5.41) is 0. The highest BCUT2D eigenvalue weighted by Crippen LogP contribution is 2.31. The van der Waals surface area contributed by atoms with E-state index in [1.54, 1.807) is 0 Å². The maximum absolute atomic E-state index is 12.6. The maximum atomic E-state index is 12.6. The largest absolute Gasteiger partial charge is 0.339 e. The zero-order valence-electron chi connectivity index (χ0n) is 12.0. The van der Waals surface area contributed by atoms with Crippen molar-refractivity contribution in [3.05, 3.63) is 29.3 Å². The molecule has 1 saturated heterocycles. The number of piperidine rings is 1. The quantitative estimate of drug-likeness (QED) is 0.635. The number of likely N-dealkylation sites (tertiary alicyclic amines) is 1. The van der Waals surface area contributed by atoms with Gasteiger partial charge in [-0.1, -0.05) is 25.5 Å². The molecule has 2 rings (SSSR count). The van der Waals surface area contributed by atoms with Gasteiger partial charge in [0.1, 0.15) is 0 Å². The molecule has 0 aromatic heterocycles. The Balaban J connectivity index is 2.18. The minimum atomic E-state index is 0.0761. The highest BCUT2D eigenvalue weighted by Gasteiger charge is 2.29. The SMILES string of the molecule is Cc1ccc(NN)c(C(=O)N2CCC(C)(C)CC2)c1. The van der Waals surface area contributed by atoms with E-state index in [2.05, 4.69) is 19.3 Å². The number of aryl methyl sites for hydroxylation is 1. The second kappa shape index (κ2) is 5.21. The van der Waals surface area contributed by atoms with Crippen molar-refractivity contribution in [3.63, 3.8) is 0 Å². The first-order valence-corrected chi connectivity index (χ1v) is 6.79. The summed E-state index contributed by atoms with van der Waals surface area (Å²) in [5.41, 5.74) is 5.39. The fourth-order valence-corrected chi connectivity index (χ4v) is 2.45. The van der Waals surface area contributed by atoms with Gasteiger partial charge in [0.05, 0.1) is 11.3 Å². The van der Waals surface area contributed by atoms with Gasteiger partial charge >= 0.3 is 0 Å². The lowest BCUT2D eigenvalue weighted by Gasteiger charge is -2.37. The number of rotatable bonds is 2. The van der Waals surface area contributed by atoms with Crippen LogP contribution >= 0.6 is 0 Å². The molecule has 0 atom stereocenters. The molecule has 0 aliphatic carbocycles. The summed E-state index contributed by atoms with van der Waals surface area (Å²) in [5.74, 6) is 5.57. The Kier molecular flexibility index (Phi) is 3.80. The lowest BCUT2D eigenvalue weighted by atomic mass is 9.82. The molecular formula is C15H23N3O. The molecule has 1 amide bonds. The van der Waals surface area contributed by atoms with Gasteiger partial charge in [0.2, 0.25) is 0 Å². The topological polar surface area (TPSA) is 58.4 Å². The molecule has 1 fully saturated rings. The number of hydrogen-bond acceptors (Lipinski definition) is 3. The van der Waals surface area contributed by atoms with Crippen molar-refractivity contribution in [2.75, 3.05) is 18.5 Å². The molecule has 4 heteroatoms. The van der Waals surface area contributed by atoms with Gasteiger partial charge in [0.15, 0.2) is 0 Å². The molecule has 0 spiro atoms. The third-order valence-electron chi connectivity index (χ3n) is 3.97. The fourth-order valence-electron chi connectivity index (χ4n) is 2.45. The number of benzene rings is 1. The molecule has 1 aromatic carbocycles. The van der Waals surface area contributed by atoms with Crippen LogP contribution in [-0.2, 0) is 0 Å². The van der Waals surface area contributed by atoms with Crippen LogP contribution in [0.5, 0.6) is 0 Å². The number of carbonyl (C=O) groups is 1. The summed E-state index contributed by atoms with van der Waals surface area (Å²) < 4.78 is 0. The lowest BCUT2D eigenvalue weighted by Crippen LogP contribution is -2.41. The normalized spacial score (nSPS) is 18.2. The molecule has 1 aliphatic heterocycles. The van der Waals surface area contributed by atoms with Gasteiger partial charge in [-0.15, -0.1) is 0 Å². The summed E-state index contributed by atoms with van der Waals surface area (Å²) in [7, 11) is 0. The third kappa shape index (κ3) is 3.07. The van der Waals surface area contributed by atoms with Crippen LogP contribution in [0.25, 0.3) is 0 Å². The Morgan fingerprint density at radius 1 is 1.32 bits per heavy atom. The number of nitrogen functional groups attached to an aromatic ring is 1. The second-order valence-electron chi connectivity index (χ2n) is 6.15. The van der Waals surface area contributed by atoms with Gasteiger partial charge in [0.25, 0.3) is 5.91 Å². The van der Waals surface area contributed by atoms with Crippen molar-refractivity contribution < 1.29 is 4.79 Å². The molecule has 104 valence electrons. The lowest BCUT2D eigenvalue weighted by molar-refractivity contribution is 0.0631. The number of nitrogens with one attached hydrogen (secondary N) is 1. The predicted molar refractivity (Wildman–Crippen MR) is 77.9 cm³/mol. The number of amides is 1. The molecular weight excluding hydrogens is 238 g/mol. The summed E-state index contributed by atoms with van der Waals surface area (Å²) in [6, 6.07) is 5.71. The molecule has 3 N–H and O–H groups in total. The Bertz CT molecular complexity index is 472. The van der Waals surface area contributed by atoms with E-state index in [1.807, 2.05) is 30.0 Å². The van der Waals surface area contributed by atoms with Gasteiger partial charge < -0.3 is 10.3 Å². The molecule has 0 bridgehead atoms. The molecule has 4 nitrogen and oxygen atoms in total. The Hall–Kier alpha value is -1.55. The van der Waals surface area contributed by atoms with Crippen molar-refractivity contribution in [2.45, 2.75) is 33.6 Å². The average Bonchev–Trinajstić information content (AvgIpc) is 2.38. The van der Waals surface area contributed by atoms with Gasteiger partial charge in [-0.05, 0) is 37.3 Å². The van der Waals surface area contributed by atoms with Crippen LogP contribution in [0.4, 0.5) is 5.69 Å². The van der Waals surface area contributed by atoms with E-state index in [9.17, 15) is 4.79 Å². The number of carbonyl (C=O) groups excluding carboxylic acids is 1. The number of hydrogen-bond donors (Lipinski definition) is 2. The van der Waals surface area contributed by atoms with E-state index < -0.39 is 0 Å². The van der Waals surface area contributed by atoms with Gasteiger partial charge in [-0.3, -0.25) is 10.6 Å². The second-order valence-corrected chi connectivity index (χ2v) is 6.15. The Morgan fingerprint density at radius 2 is 1.95 bits per heavy atom. The number of anilines is 1. The van der Waals surface area contributed by atoms with Crippen LogP contribution in [0.2, 0.25) is 0 Å². The van der Waals surface area contributed by atoms with E-state index in [0.29, 0.717) is 16.7 Å². The molecule has 0 radical (unpaired) electrons. The molecule has 19 heavy (non-hydrogen) atoms. The average molecular weight is 261 g/mol. The third-order valence-corrected chi connectivity index (χ3v) is 3.97. The van der Waals surface area contributed by atoms with Crippen LogP contribution in [0, 0.1) is 12.3 Å². The number of nitrogens with zero attached hydrogens (tertiary/aromatic N) is 1. The van der Waals surface area contributed by atoms with Crippen LogP contribution in [0.1, 0.15) is 42.6 Å². The summed E-state index contributed by atoms with van der Waals surface area (Å²) in [6.07, 6.45) is 2.10. The Morgan fingerprint density at radius 3 is 2.53 bits per heavy atom. The van der Waals surface area contributed by atoms with E-state index >= 15 is 0 Å². The van der Waals surface area contributed by atoms with Crippen LogP contribution < -0.4 is 11.3 Å². The van der Waals surface area contributed by atoms with Crippen molar-refractivity contribution in [1.29, 1.82) is 0 Å². The van der Waals surface area contributed by atoms with Gasteiger partial charge in [-0.25, -0.2) is 0 Å². The van der Waals surface area contributed by atoms with E-state index in [1.165, 1.54) is 0 Å². The van der Waals surface area contributed by atoms with Crippen LogP contribution in [0.3, 0.4) is 0 Å². The van der Waals surface area contributed by atoms with Gasteiger partial charge in [0, 0.05) is 13.1 Å². The first-order chi connectivity index (χ1) is 8.93. The van der Waals surface area contributed by atoms with Crippen molar-refractivity contribution in [1.82, 2.24) is 4.90 Å². The first-order valence-electron chi connectivity index (χ1n) is 6.79.